The van der Waals surface area contributed by atoms with Crippen LogP contribution in [0.1, 0.15) is 42.9 Å². The van der Waals surface area contributed by atoms with E-state index in [9.17, 15) is 14.4 Å². The van der Waals surface area contributed by atoms with Gasteiger partial charge in [-0.1, -0.05) is 24.9 Å². The van der Waals surface area contributed by atoms with Crippen LogP contribution >= 0.6 is 11.6 Å². The molecule has 0 aliphatic rings. The average Bonchev–Trinajstić information content (AvgIpc) is 2.61. The van der Waals surface area contributed by atoms with Crippen molar-refractivity contribution in [2.45, 2.75) is 39.7 Å². The molecule has 0 bridgehead atoms. The highest BCUT2D eigenvalue weighted by Crippen LogP contribution is 2.14. The summed E-state index contributed by atoms with van der Waals surface area (Å²) in [5.41, 5.74) is 0.231. The first-order chi connectivity index (χ1) is 12.8. The molecule has 0 unspecified atom stereocenters. The van der Waals surface area contributed by atoms with Gasteiger partial charge in [-0.2, -0.15) is 5.10 Å². The van der Waals surface area contributed by atoms with Crippen LogP contribution in [0.3, 0.4) is 0 Å². The summed E-state index contributed by atoms with van der Waals surface area (Å²) in [6, 6.07) is 8.06. The highest BCUT2D eigenvalue weighted by Gasteiger charge is 2.18. The molecule has 0 spiro atoms. The number of nitrogens with one attached hydrogen (secondary N) is 1. The zero-order chi connectivity index (χ0) is 20.0. The summed E-state index contributed by atoms with van der Waals surface area (Å²) in [7, 11) is 0. The lowest BCUT2D eigenvalue weighted by Gasteiger charge is -2.13. The van der Waals surface area contributed by atoms with Crippen molar-refractivity contribution in [3.05, 3.63) is 57.0 Å². The second-order valence-electron chi connectivity index (χ2n) is 6.22. The molecule has 1 heterocycles. The Kier molecular flexibility index (Phi) is 7.12. The molecule has 1 amide bonds. The third-order valence-corrected chi connectivity index (χ3v) is 4.09. The molecule has 2 rings (SSSR count). The largest absolute Gasteiger partial charge is 0.451 e. The fraction of sp³-hybridized carbons (Fsp3) is 0.368. The fourth-order valence-electron chi connectivity index (χ4n) is 2.55. The number of hydrogen-bond donors (Lipinski definition) is 1. The maximum absolute atomic E-state index is 12.2. The smallest absolute Gasteiger partial charge is 0.363 e. The average molecular weight is 392 g/mol. The highest BCUT2D eigenvalue weighted by molar-refractivity contribution is 6.30. The Labute approximate surface area is 162 Å². The monoisotopic (exact) mass is 391 g/mol. The van der Waals surface area contributed by atoms with Crippen LogP contribution < -0.4 is 10.7 Å². The number of carbonyl (C=O) groups is 2. The van der Waals surface area contributed by atoms with Gasteiger partial charge in [0.15, 0.2) is 6.61 Å². The van der Waals surface area contributed by atoms with Gasteiger partial charge >= 0.3 is 5.97 Å². The summed E-state index contributed by atoms with van der Waals surface area (Å²) in [5, 5.41) is 7.37. The molecule has 0 aliphatic heterocycles. The number of amides is 1. The van der Waals surface area contributed by atoms with Gasteiger partial charge in [0.2, 0.25) is 11.1 Å². The summed E-state index contributed by atoms with van der Waals surface area (Å²) < 4.78 is 6.39. The molecule has 0 fully saturated rings. The van der Waals surface area contributed by atoms with Crippen LogP contribution in [0.15, 0.2) is 35.1 Å². The van der Waals surface area contributed by atoms with Gasteiger partial charge in [0.1, 0.15) is 0 Å². The third-order valence-electron chi connectivity index (χ3n) is 3.84. The Balaban J connectivity index is 2.14. The molecule has 8 heteroatoms. The molecule has 144 valence electrons. The number of halogens is 1. The van der Waals surface area contributed by atoms with Crippen molar-refractivity contribution in [2.24, 2.45) is 0 Å². The van der Waals surface area contributed by atoms with Crippen LogP contribution in [0.25, 0.3) is 5.69 Å². The lowest BCUT2D eigenvalue weighted by molar-refractivity contribution is -0.124. The van der Waals surface area contributed by atoms with Crippen molar-refractivity contribution in [3.8, 4) is 5.69 Å². The summed E-state index contributed by atoms with van der Waals surface area (Å²) in [6.45, 7) is 5.11. The number of aryl methyl sites for hydroxylation is 1. The quantitative estimate of drug-likeness (QED) is 0.733. The van der Waals surface area contributed by atoms with Gasteiger partial charge in [-0.05, 0) is 44.5 Å². The molecule has 0 saturated carbocycles. The van der Waals surface area contributed by atoms with Crippen LogP contribution in [-0.4, -0.2) is 34.3 Å². The molecule has 0 saturated heterocycles. The van der Waals surface area contributed by atoms with Gasteiger partial charge in [-0.15, -0.1) is 0 Å². The first kappa shape index (κ1) is 20.6. The lowest BCUT2D eigenvalue weighted by Crippen LogP contribution is -2.36. The van der Waals surface area contributed by atoms with E-state index in [1.54, 1.807) is 31.2 Å². The zero-order valence-electron chi connectivity index (χ0n) is 15.5. The zero-order valence-corrected chi connectivity index (χ0v) is 16.2. The number of benzene rings is 1. The van der Waals surface area contributed by atoms with E-state index in [1.165, 1.54) is 10.7 Å². The number of rotatable bonds is 7. The predicted octanol–water partition coefficient (Wildman–Crippen LogP) is 2.66. The van der Waals surface area contributed by atoms with Crippen LogP contribution in [-0.2, 0) is 9.53 Å². The number of aromatic nitrogens is 2. The fourth-order valence-corrected chi connectivity index (χ4v) is 2.68. The van der Waals surface area contributed by atoms with Crippen LogP contribution in [0.2, 0.25) is 5.02 Å². The van der Waals surface area contributed by atoms with Crippen molar-refractivity contribution in [3.63, 3.8) is 0 Å². The Morgan fingerprint density at radius 1 is 1.30 bits per heavy atom. The van der Waals surface area contributed by atoms with E-state index in [-0.39, 0.29) is 11.7 Å². The van der Waals surface area contributed by atoms with Crippen LogP contribution in [0.5, 0.6) is 0 Å². The van der Waals surface area contributed by atoms with Gasteiger partial charge in [0, 0.05) is 22.8 Å². The molecule has 1 aromatic heterocycles. The van der Waals surface area contributed by atoms with E-state index in [2.05, 4.69) is 10.4 Å². The van der Waals surface area contributed by atoms with E-state index in [4.69, 9.17) is 16.3 Å². The number of ether oxygens (including phenoxy) is 1. The summed E-state index contributed by atoms with van der Waals surface area (Å²) in [5.74, 6) is -1.37. The number of carbonyl (C=O) groups excluding carboxylic acids is 2. The minimum Gasteiger partial charge on any atom is -0.451 e. The lowest BCUT2D eigenvalue weighted by atomic mass is 10.2. The van der Waals surface area contributed by atoms with Crippen molar-refractivity contribution < 1.29 is 14.3 Å². The third kappa shape index (κ3) is 5.65. The van der Waals surface area contributed by atoms with Gasteiger partial charge < -0.3 is 10.1 Å². The molecule has 1 N–H and O–H groups in total. The topological polar surface area (TPSA) is 90.3 Å². The summed E-state index contributed by atoms with van der Waals surface area (Å²) in [6.07, 6.45) is 1.75. The number of esters is 1. The van der Waals surface area contributed by atoms with E-state index in [1.807, 2.05) is 13.8 Å². The van der Waals surface area contributed by atoms with E-state index in [0.29, 0.717) is 16.4 Å². The van der Waals surface area contributed by atoms with Gasteiger partial charge in [0.25, 0.3) is 5.91 Å². The Bertz CT molecular complexity index is 878. The molecule has 7 nitrogen and oxygen atoms in total. The maximum atomic E-state index is 12.2. The first-order valence-electron chi connectivity index (χ1n) is 8.65. The Morgan fingerprint density at radius 2 is 1.96 bits per heavy atom. The molecule has 1 aromatic carbocycles. The van der Waals surface area contributed by atoms with Gasteiger partial charge in [-0.25, -0.2) is 9.48 Å². The van der Waals surface area contributed by atoms with E-state index in [0.717, 1.165) is 12.8 Å². The van der Waals surface area contributed by atoms with Crippen molar-refractivity contribution in [1.82, 2.24) is 15.1 Å². The SMILES string of the molecule is CCC[C@H](C)NC(=O)COC(=O)c1nn(-c2ccc(Cl)cc2)c(C)cc1=O. The second-order valence-corrected chi connectivity index (χ2v) is 6.66. The van der Waals surface area contributed by atoms with Crippen LogP contribution in [0, 0.1) is 6.92 Å². The summed E-state index contributed by atoms with van der Waals surface area (Å²) >= 11 is 5.88. The molecule has 0 radical (unpaired) electrons. The van der Waals surface area contributed by atoms with Crippen LogP contribution in [0.4, 0.5) is 0 Å². The molecular weight excluding hydrogens is 370 g/mol. The highest BCUT2D eigenvalue weighted by atomic mass is 35.5. The minimum absolute atomic E-state index is 0.0131. The van der Waals surface area contributed by atoms with E-state index >= 15 is 0 Å². The number of nitrogens with zero attached hydrogens (tertiary/aromatic N) is 2. The molecular formula is C19H22ClN3O4. The maximum Gasteiger partial charge on any atom is 0.363 e. The Hall–Kier alpha value is -2.67. The predicted molar refractivity (Wildman–Crippen MR) is 102 cm³/mol. The van der Waals surface area contributed by atoms with Crippen molar-refractivity contribution in [2.75, 3.05) is 6.61 Å². The van der Waals surface area contributed by atoms with E-state index < -0.39 is 23.9 Å². The van der Waals surface area contributed by atoms with Gasteiger partial charge in [0.05, 0.1) is 5.69 Å². The van der Waals surface area contributed by atoms with Crippen molar-refractivity contribution >= 4 is 23.5 Å². The molecule has 27 heavy (non-hydrogen) atoms. The summed E-state index contributed by atoms with van der Waals surface area (Å²) in [4.78, 5) is 36.2. The van der Waals surface area contributed by atoms with Gasteiger partial charge in [-0.3, -0.25) is 9.59 Å². The normalized spacial score (nSPS) is 11.7. The standard InChI is InChI=1S/C19H22ClN3O4/c1-4-5-12(2)21-17(25)11-27-19(26)18-16(24)10-13(3)23(22-18)15-8-6-14(20)7-9-15/h6-10,12H,4-5,11H2,1-3H3,(H,21,25)/t12-/m0/s1. The first-order valence-corrected chi connectivity index (χ1v) is 9.03. The molecule has 1 atom stereocenters. The molecule has 0 aliphatic carbocycles. The molecule has 2 aromatic rings. The second kappa shape index (κ2) is 9.32. The van der Waals surface area contributed by atoms with Crippen molar-refractivity contribution in [1.29, 1.82) is 0 Å². The Morgan fingerprint density at radius 3 is 2.59 bits per heavy atom. The minimum atomic E-state index is -0.944. The number of hydrogen-bond acceptors (Lipinski definition) is 5.